The molecule has 0 saturated heterocycles. The second-order valence-electron chi connectivity index (χ2n) is 4.24. The Kier molecular flexibility index (Phi) is 4.68. The molecule has 3 N–H and O–H groups in total. The van der Waals surface area contributed by atoms with Gasteiger partial charge in [0.05, 0.1) is 0 Å². The van der Waals surface area contributed by atoms with Gasteiger partial charge in [0.25, 0.3) is 0 Å². The van der Waals surface area contributed by atoms with Crippen molar-refractivity contribution in [3.63, 3.8) is 0 Å². The Bertz CT molecular complexity index is 406. The minimum atomic E-state index is -1.75. The highest BCUT2D eigenvalue weighted by atomic mass is 79.9. The number of hydrogen-bond acceptors (Lipinski definition) is 3. The van der Waals surface area contributed by atoms with E-state index in [9.17, 15) is 9.90 Å². The number of rotatable bonds is 5. The van der Waals surface area contributed by atoms with Crippen LogP contribution in [0.4, 0.5) is 0 Å². The molecule has 0 aliphatic heterocycles. The molecule has 1 aromatic carbocycles. The first-order valence-electron chi connectivity index (χ1n) is 5.27. The van der Waals surface area contributed by atoms with Gasteiger partial charge in [-0.2, -0.15) is 0 Å². The summed E-state index contributed by atoms with van der Waals surface area (Å²) < 4.78 is 0.966. The fourth-order valence-corrected chi connectivity index (χ4v) is 1.74. The van der Waals surface area contributed by atoms with Gasteiger partial charge in [-0.1, -0.05) is 28.1 Å². The van der Waals surface area contributed by atoms with E-state index < -0.39 is 11.6 Å². The number of nitrogens with one attached hydrogen (secondary N) is 1. The van der Waals surface area contributed by atoms with Gasteiger partial charge in [0, 0.05) is 17.1 Å². The Morgan fingerprint density at radius 3 is 2.76 bits per heavy atom. The van der Waals surface area contributed by atoms with Gasteiger partial charge in [0.1, 0.15) is 0 Å². The minimum Gasteiger partial charge on any atom is -0.479 e. The van der Waals surface area contributed by atoms with Crippen molar-refractivity contribution < 1.29 is 15.0 Å². The Balaban J connectivity index is 2.62. The number of aliphatic carboxylic acids is 1. The van der Waals surface area contributed by atoms with Crippen molar-refractivity contribution in [1.82, 2.24) is 5.32 Å². The number of hydrogen-bond donors (Lipinski definition) is 3. The Morgan fingerprint density at radius 2 is 2.24 bits per heavy atom. The van der Waals surface area contributed by atoms with Crippen molar-refractivity contribution in [2.45, 2.75) is 25.5 Å². The van der Waals surface area contributed by atoms with E-state index in [2.05, 4.69) is 21.2 Å². The van der Waals surface area contributed by atoms with E-state index in [-0.39, 0.29) is 12.6 Å². The third-order valence-corrected chi connectivity index (χ3v) is 3.06. The minimum absolute atomic E-state index is 0.00396. The molecule has 0 amide bonds. The Hall–Kier alpha value is -0.910. The zero-order valence-electron chi connectivity index (χ0n) is 9.77. The SMILES string of the molecule is CC(NCC(C)(O)C(=O)O)c1cccc(Br)c1. The summed E-state index contributed by atoms with van der Waals surface area (Å²) >= 11 is 3.37. The molecule has 94 valence electrons. The van der Waals surface area contributed by atoms with Gasteiger partial charge < -0.3 is 15.5 Å². The largest absolute Gasteiger partial charge is 0.479 e. The summed E-state index contributed by atoms with van der Waals surface area (Å²) in [6, 6.07) is 7.69. The first-order chi connectivity index (χ1) is 7.83. The molecular weight excluding hydrogens is 286 g/mol. The first kappa shape index (κ1) is 14.2. The van der Waals surface area contributed by atoms with Crippen LogP contribution in [-0.4, -0.2) is 28.3 Å². The lowest BCUT2D eigenvalue weighted by atomic mass is 10.1. The zero-order valence-corrected chi connectivity index (χ0v) is 11.4. The van der Waals surface area contributed by atoms with E-state index in [0.717, 1.165) is 10.0 Å². The smallest absolute Gasteiger partial charge is 0.336 e. The molecular formula is C12H16BrNO3. The number of benzene rings is 1. The third kappa shape index (κ3) is 4.11. The van der Waals surface area contributed by atoms with Gasteiger partial charge in [0.15, 0.2) is 5.60 Å². The van der Waals surface area contributed by atoms with E-state index in [1.807, 2.05) is 31.2 Å². The van der Waals surface area contributed by atoms with E-state index in [4.69, 9.17) is 5.11 Å². The lowest BCUT2D eigenvalue weighted by Gasteiger charge is -2.22. The lowest BCUT2D eigenvalue weighted by Crippen LogP contribution is -2.45. The quantitative estimate of drug-likeness (QED) is 0.777. The monoisotopic (exact) mass is 301 g/mol. The highest BCUT2D eigenvalue weighted by Gasteiger charge is 2.29. The molecule has 0 heterocycles. The molecule has 0 fully saturated rings. The normalized spacial score (nSPS) is 16.2. The van der Waals surface area contributed by atoms with Crippen molar-refractivity contribution in [2.75, 3.05) is 6.54 Å². The van der Waals surface area contributed by atoms with Crippen LogP contribution in [-0.2, 0) is 4.79 Å². The molecule has 2 atom stereocenters. The maximum absolute atomic E-state index is 10.7. The topological polar surface area (TPSA) is 69.6 Å². The van der Waals surface area contributed by atoms with Crippen molar-refractivity contribution in [2.24, 2.45) is 0 Å². The number of carboxylic acid groups (broad SMARTS) is 1. The van der Waals surface area contributed by atoms with Crippen LogP contribution in [0, 0.1) is 0 Å². The van der Waals surface area contributed by atoms with Crippen molar-refractivity contribution in [1.29, 1.82) is 0 Å². The van der Waals surface area contributed by atoms with Crippen LogP contribution in [0.1, 0.15) is 25.5 Å². The average Bonchev–Trinajstić information content (AvgIpc) is 2.25. The maximum Gasteiger partial charge on any atom is 0.336 e. The standard InChI is InChI=1S/C12H16BrNO3/c1-8(9-4-3-5-10(13)6-9)14-7-12(2,17)11(15)16/h3-6,8,14,17H,7H2,1-2H3,(H,15,16). The summed E-state index contributed by atoms with van der Waals surface area (Å²) in [4.78, 5) is 10.7. The molecule has 0 saturated carbocycles. The van der Waals surface area contributed by atoms with E-state index >= 15 is 0 Å². The third-order valence-electron chi connectivity index (χ3n) is 2.56. The van der Waals surface area contributed by atoms with Crippen LogP contribution in [0.5, 0.6) is 0 Å². The van der Waals surface area contributed by atoms with Crippen LogP contribution in [0.2, 0.25) is 0 Å². The molecule has 2 unspecified atom stereocenters. The summed E-state index contributed by atoms with van der Waals surface area (Å²) in [5.41, 5.74) is -0.721. The van der Waals surface area contributed by atoms with E-state index in [1.54, 1.807) is 0 Å². The molecule has 0 aromatic heterocycles. The van der Waals surface area contributed by atoms with Crippen LogP contribution in [0.25, 0.3) is 0 Å². The van der Waals surface area contributed by atoms with Crippen LogP contribution in [0.3, 0.4) is 0 Å². The van der Waals surface area contributed by atoms with Gasteiger partial charge in [0.2, 0.25) is 0 Å². The average molecular weight is 302 g/mol. The molecule has 0 radical (unpaired) electrons. The second kappa shape index (κ2) is 5.62. The number of carboxylic acids is 1. The van der Waals surface area contributed by atoms with Crippen LogP contribution in [0.15, 0.2) is 28.7 Å². The number of aliphatic hydroxyl groups is 1. The fraction of sp³-hybridized carbons (Fsp3) is 0.417. The highest BCUT2D eigenvalue weighted by molar-refractivity contribution is 9.10. The summed E-state index contributed by atoms with van der Waals surface area (Å²) in [5.74, 6) is -1.23. The fourth-order valence-electron chi connectivity index (χ4n) is 1.32. The second-order valence-corrected chi connectivity index (χ2v) is 5.15. The number of carbonyl (C=O) groups is 1. The molecule has 0 aliphatic rings. The molecule has 1 rings (SSSR count). The first-order valence-corrected chi connectivity index (χ1v) is 6.07. The summed E-state index contributed by atoms with van der Waals surface area (Å²) in [6.07, 6.45) is 0. The summed E-state index contributed by atoms with van der Waals surface area (Å²) in [7, 11) is 0. The summed E-state index contributed by atoms with van der Waals surface area (Å²) in [6.45, 7) is 3.19. The van der Waals surface area contributed by atoms with Gasteiger partial charge in [-0.15, -0.1) is 0 Å². The van der Waals surface area contributed by atoms with Gasteiger partial charge in [-0.3, -0.25) is 0 Å². The molecule has 4 nitrogen and oxygen atoms in total. The predicted molar refractivity (Wildman–Crippen MR) is 68.8 cm³/mol. The van der Waals surface area contributed by atoms with Gasteiger partial charge in [-0.25, -0.2) is 4.79 Å². The lowest BCUT2D eigenvalue weighted by molar-refractivity contribution is -0.156. The molecule has 1 aromatic rings. The summed E-state index contributed by atoms with van der Waals surface area (Å²) in [5, 5.41) is 21.3. The zero-order chi connectivity index (χ0) is 13.1. The van der Waals surface area contributed by atoms with E-state index in [0.29, 0.717) is 0 Å². The van der Waals surface area contributed by atoms with Crippen LogP contribution >= 0.6 is 15.9 Å². The van der Waals surface area contributed by atoms with E-state index in [1.165, 1.54) is 6.92 Å². The van der Waals surface area contributed by atoms with Crippen molar-refractivity contribution >= 4 is 21.9 Å². The molecule has 0 bridgehead atoms. The molecule has 0 spiro atoms. The molecule has 5 heteroatoms. The van der Waals surface area contributed by atoms with Gasteiger partial charge >= 0.3 is 5.97 Å². The molecule has 0 aliphatic carbocycles. The maximum atomic E-state index is 10.7. The Labute approximate surface area is 109 Å². The Morgan fingerprint density at radius 1 is 1.59 bits per heavy atom. The number of halogens is 1. The van der Waals surface area contributed by atoms with Crippen molar-refractivity contribution in [3.8, 4) is 0 Å². The van der Waals surface area contributed by atoms with Gasteiger partial charge in [-0.05, 0) is 31.5 Å². The highest BCUT2D eigenvalue weighted by Crippen LogP contribution is 2.18. The van der Waals surface area contributed by atoms with Crippen molar-refractivity contribution in [3.05, 3.63) is 34.3 Å². The van der Waals surface area contributed by atoms with Crippen LogP contribution < -0.4 is 5.32 Å². The molecule has 17 heavy (non-hydrogen) atoms. The predicted octanol–water partition coefficient (Wildman–Crippen LogP) is 1.94.